The van der Waals surface area contributed by atoms with Crippen molar-refractivity contribution in [2.24, 2.45) is 0 Å². The fourth-order valence-corrected chi connectivity index (χ4v) is 5.99. The minimum absolute atomic E-state index is 1.17. The SMILES string of the molecule is C(=C(c1ccccc1)c1ccccc1)c1ccc(-c2ccc(C=C(c3ccccc3)c3ccccc3)cc2-c2ccccc2)cc1. The first-order valence-corrected chi connectivity index (χ1v) is 15.8. The van der Waals surface area contributed by atoms with Gasteiger partial charge in [-0.3, -0.25) is 0 Å². The molecule has 0 bridgehead atoms. The minimum Gasteiger partial charge on any atom is -0.0622 e. The van der Waals surface area contributed by atoms with Crippen LogP contribution >= 0.6 is 0 Å². The summed E-state index contributed by atoms with van der Waals surface area (Å²) in [7, 11) is 0. The second-order valence-corrected chi connectivity index (χ2v) is 11.4. The molecule has 0 radical (unpaired) electrons. The summed E-state index contributed by atoms with van der Waals surface area (Å²) in [5.41, 5.74) is 14.4. The summed E-state index contributed by atoms with van der Waals surface area (Å²) < 4.78 is 0. The van der Waals surface area contributed by atoms with Crippen LogP contribution in [0.3, 0.4) is 0 Å². The van der Waals surface area contributed by atoms with Gasteiger partial charge >= 0.3 is 0 Å². The molecular weight excluding hydrogens is 553 g/mol. The van der Waals surface area contributed by atoms with Gasteiger partial charge in [-0.15, -0.1) is 0 Å². The quantitative estimate of drug-likeness (QED) is 0.155. The average molecular weight is 587 g/mol. The second kappa shape index (κ2) is 13.8. The van der Waals surface area contributed by atoms with Crippen molar-refractivity contribution in [3.63, 3.8) is 0 Å². The van der Waals surface area contributed by atoms with Crippen molar-refractivity contribution in [2.45, 2.75) is 0 Å². The molecule has 0 fully saturated rings. The number of hydrogen-bond donors (Lipinski definition) is 0. The molecule has 46 heavy (non-hydrogen) atoms. The smallest absolute Gasteiger partial charge is 0.00995 e. The topological polar surface area (TPSA) is 0 Å². The molecule has 0 aliphatic rings. The molecule has 0 aromatic heterocycles. The molecule has 7 aromatic carbocycles. The molecule has 218 valence electrons. The maximum atomic E-state index is 2.33. The van der Waals surface area contributed by atoms with Crippen molar-refractivity contribution in [2.75, 3.05) is 0 Å². The summed E-state index contributed by atoms with van der Waals surface area (Å²) in [5, 5.41) is 0. The Morgan fingerprint density at radius 3 is 1.07 bits per heavy atom. The zero-order valence-corrected chi connectivity index (χ0v) is 25.6. The van der Waals surface area contributed by atoms with Gasteiger partial charge in [0.25, 0.3) is 0 Å². The maximum absolute atomic E-state index is 2.33. The van der Waals surface area contributed by atoms with Crippen molar-refractivity contribution < 1.29 is 0 Å². The van der Waals surface area contributed by atoms with Crippen LogP contribution in [-0.4, -0.2) is 0 Å². The third-order valence-corrected chi connectivity index (χ3v) is 8.31. The molecule has 0 aliphatic carbocycles. The largest absolute Gasteiger partial charge is 0.0622 e. The van der Waals surface area contributed by atoms with Crippen LogP contribution < -0.4 is 0 Å². The van der Waals surface area contributed by atoms with Gasteiger partial charge in [0.05, 0.1) is 0 Å². The van der Waals surface area contributed by atoms with Gasteiger partial charge < -0.3 is 0 Å². The van der Waals surface area contributed by atoms with E-state index >= 15 is 0 Å². The summed E-state index contributed by atoms with van der Waals surface area (Å²) >= 11 is 0. The van der Waals surface area contributed by atoms with Crippen LogP contribution in [0.4, 0.5) is 0 Å². The monoisotopic (exact) mass is 586 g/mol. The second-order valence-electron chi connectivity index (χ2n) is 11.4. The van der Waals surface area contributed by atoms with Gasteiger partial charge in [-0.1, -0.05) is 188 Å². The highest BCUT2D eigenvalue weighted by atomic mass is 14.2. The van der Waals surface area contributed by atoms with Crippen molar-refractivity contribution >= 4 is 23.3 Å². The van der Waals surface area contributed by atoms with Gasteiger partial charge in [-0.2, -0.15) is 0 Å². The van der Waals surface area contributed by atoms with Crippen LogP contribution in [0.2, 0.25) is 0 Å². The lowest BCUT2D eigenvalue weighted by molar-refractivity contribution is 1.53. The van der Waals surface area contributed by atoms with E-state index in [0.29, 0.717) is 0 Å². The molecule has 0 atom stereocenters. The normalized spacial score (nSPS) is 10.6. The predicted molar refractivity (Wildman–Crippen MR) is 197 cm³/mol. The molecule has 0 spiro atoms. The molecule has 0 aliphatic heterocycles. The summed E-state index contributed by atoms with van der Waals surface area (Å²) in [4.78, 5) is 0. The van der Waals surface area contributed by atoms with Gasteiger partial charge in [-0.05, 0) is 85.0 Å². The van der Waals surface area contributed by atoms with Crippen LogP contribution in [-0.2, 0) is 0 Å². The molecule has 0 heterocycles. The molecule has 7 rings (SSSR count). The van der Waals surface area contributed by atoms with E-state index in [-0.39, 0.29) is 0 Å². The summed E-state index contributed by atoms with van der Waals surface area (Å²) in [6.07, 6.45) is 4.60. The van der Waals surface area contributed by atoms with Gasteiger partial charge in [0, 0.05) is 0 Å². The van der Waals surface area contributed by atoms with Gasteiger partial charge in [0.15, 0.2) is 0 Å². The van der Waals surface area contributed by atoms with E-state index in [1.165, 1.54) is 66.8 Å². The first-order chi connectivity index (χ1) is 22.8. The Morgan fingerprint density at radius 1 is 0.283 bits per heavy atom. The zero-order chi connectivity index (χ0) is 31.0. The van der Waals surface area contributed by atoms with Crippen molar-refractivity contribution in [1.82, 2.24) is 0 Å². The van der Waals surface area contributed by atoms with Crippen LogP contribution in [0.1, 0.15) is 33.4 Å². The highest BCUT2D eigenvalue weighted by molar-refractivity contribution is 5.94. The number of rotatable bonds is 8. The van der Waals surface area contributed by atoms with Crippen LogP contribution in [0.25, 0.3) is 45.6 Å². The van der Waals surface area contributed by atoms with E-state index in [9.17, 15) is 0 Å². The molecule has 0 saturated heterocycles. The first kappa shape index (κ1) is 28.8. The lowest BCUT2D eigenvalue weighted by Crippen LogP contribution is -1.91. The lowest BCUT2D eigenvalue weighted by Gasteiger charge is -2.14. The standard InChI is InChI=1S/C46H34/c1-6-16-37(17-7-1)44(38-18-8-2-9-19-38)32-35-26-29-42(30-27-35)43-31-28-36(34-46(43)41-24-14-5-15-25-41)33-45(39-20-10-3-11-21-39)40-22-12-4-13-23-40/h1-34H. The highest BCUT2D eigenvalue weighted by Gasteiger charge is 2.11. The Morgan fingerprint density at radius 2 is 0.630 bits per heavy atom. The molecule has 0 nitrogen and oxygen atoms in total. The Kier molecular flexibility index (Phi) is 8.61. The third-order valence-electron chi connectivity index (χ3n) is 8.31. The van der Waals surface area contributed by atoms with E-state index in [2.05, 4.69) is 206 Å². The van der Waals surface area contributed by atoms with E-state index in [4.69, 9.17) is 0 Å². The van der Waals surface area contributed by atoms with E-state index in [1.54, 1.807) is 0 Å². The molecule has 0 unspecified atom stereocenters. The average Bonchev–Trinajstić information content (AvgIpc) is 3.15. The maximum Gasteiger partial charge on any atom is -0.00995 e. The molecule has 0 N–H and O–H groups in total. The van der Waals surface area contributed by atoms with Crippen molar-refractivity contribution in [1.29, 1.82) is 0 Å². The highest BCUT2D eigenvalue weighted by Crippen LogP contribution is 2.36. The lowest BCUT2D eigenvalue weighted by atomic mass is 9.90. The number of benzene rings is 7. The molecule has 7 aromatic rings. The Balaban J connectivity index is 1.30. The summed E-state index contributed by atoms with van der Waals surface area (Å²) in [5.74, 6) is 0. The summed E-state index contributed by atoms with van der Waals surface area (Å²) in [6.45, 7) is 0. The van der Waals surface area contributed by atoms with E-state index < -0.39 is 0 Å². The molecular formula is C46H34. The number of hydrogen-bond acceptors (Lipinski definition) is 0. The molecule has 0 saturated carbocycles. The fourth-order valence-electron chi connectivity index (χ4n) is 5.99. The van der Waals surface area contributed by atoms with E-state index in [0.717, 1.165) is 0 Å². The Hall–Kier alpha value is -5.98. The van der Waals surface area contributed by atoms with Gasteiger partial charge in [0.1, 0.15) is 0 Å². The van der Waals surface area contributed by atoms with Crippen molar-refractivity contribution in [3.05, 3.63) is 228 Å². The van der Waals surface area contributed by atoms with Crippen LogP contribution in [0.15, 0.2) is 194 Å². The van der Waals surface area contributed by atoms with E-state index in [1.807, 2.05) is 0 Å². The minimum atomic E-state index is 1.17. The Labute approximate surface area is 272 Å². The van der Waals surface area contributed by atoms with Crippen LogP contribution in [0.5, 0.6) is 0 Å². The fraction of sp³-hybridized carbons (Fsp3) is 0. The zero-order valence-electron chi connectivity index (χ0n) is 25.6. The molecule has 0 amide bonds. The summed E-state index contributed by atoms with van der Waals surface area (Å²) in [6, 6.07) is 69.0. The van der Waals surface area contributed by atoms with Gasteiger partial charge in [-0.25, -0.2) is 0 Å². The molecule has 0 heteroatoms. The van der Waals surface area contributed by atoms with Crippen LogP contribution in [0, 0.1) is 0 Å². The predicted octanol–water partition coefficient (Wildman–Crippen LogP) is 12.2. The van der Waals surface area contributed by atoms with Gasteiger partial charge in [0.2, 0.25) is 0 Å². The van der Waals surface area contributed by atoms with Crippen molar-refractivity contribution in [3.8, 4) is 22.3 Å². The Bertz CT molecular complexity index is 1990. The first-order valence-electron chi connectivity index (χ1n) is 15.8. The third kappa shape index (κ3) is 6.58.